The molecular formula is C18H21N7O2. The molecule has 4 heterocycles. The zero-order valence-corrected chi connectivity index (χ0v) is 15.3. The Hall–Kier alpha value is -3.07. The van der Waals surface area contributed by atoms with Crippen molar-refractivity contribution in [3.05, 3.63) is 24.5 Å². The molecule has 0 radical (unpaired) electrons. The normalized spacial score (nSPS) is 15.0. The summed E-state index contributed by atoms with van der Waals surface area (Å²) in [5.74, 6) is 0.950. The van der Waals surface area contributed by atoms with Crippen LogP contribution >= 0.6 is 0 Å². The molecule has 0 aromatic carbocycles. The Kier molecular flexibility index (Phi) is 4.68. The van der Waals surface area contributed by atoms with Crippen LogP contribution in [0.3, 0.4) is 0 Å². The van der Waals surface area contributed by atoms with Gasteiger partial charge in [0.1, 0.15) is 5.82 Å². The van der Waals surface area contributed by atoms with Crippen LogP contribution in [0.1, 0.15) is 12.8 Å². The van der Waals surface area contributed by atoms with Gasteiger partial charge < -0.3 is 20.0 Å². The fourth-order valence-corrected chi connectivity index (χ4v) is 3.04. The molecule has 1 aliphatic heterocycles. The fraction of sp³-hybridized carbons (Fsp3) is 0.389. The summed E-state index contributed by atoms with van der Waals surface area (Å²) >= 11 is 0. The van der Waals surface area contributed by atoms with Crippen LogP contribution in [0.5, 0.6) is 0 Å². The largest absolute Gasteiger partial charge is 0.403 e. The minimum atomic E-state index is 0.0139. The van der Waals surface area contributed by atoms with Crippen LogP contribution in [-0.2, 0) is 4.79 Å². The molecule has 2 N–H and O–H groups in total. The molecule has 1 fully saturated rings. The maximum atomic E-state index is 12.4. The predicted octanol–water partition coefficient (Wildman–Crippen LogP) is 1.68. The molecule has 3 aromatic heterocycles. The van der Waals surface area contributed by atoms with Crippen molar-refractivity contribution in [2.45, 2.75) is 12.8 Å². The summed E-state index contributed by atoms with van der Waals surface area (Å²) in [5.41, 5.74) is 1.44. The smallest absolute Gasteiger partial charge is 0.317 e. The summed E-state index contributed by atoms with van der Waals surface area (Å²) in [6, 6.07) is 4.14. The average Bonchev–Trinajstić information content (AvgIpc) is 3.19. The predicted molar refractivity (Wildman–Crippen MR) is 101 cm³/mol. The summed E-state index contributed by atoms with van der Waals surface area (Å²) in [6.07, 6.45) is 5.01. The van der Waals surface area contributed by atoms with E-state index in [-0.39, 0.29) is 11.8 Å². The molecule has 1 amide bonds. The molecule has 140 valence electrons. The van der Waals surface area contributed by atoms with Crippen molar-refractivity contribution in [3.8, 4) is 11.5 Å². The highest BCUT2D eigenvalue weighted by atomic mass is 16.4. The lowest BCUT2D eigenvalue weighted by atomic mass is 9.97. The van der Waals surface area contributed by atoms with Crippen molar-refractivity contribution in [3.63, 3.8) is 0 Å². The zero-order chi connectivity index (χ0) is 18.8. The highest BCUT2D eigenvalue weighted by molar-refractivity contribution is 5.94. The van der Waals surface area contributed by atoms with E-state index in [1.54, 1.807) is 17.3 Å². The van der Waals surface area contributed by atoms with Gasteiger partial charge in [0.15, 0.2) is 0 Å². The number of amides is 1. The molecule has 0 spiro atoms. The van der Waals surface area contributed by atoms with Crippen LogP contribution in [0.15, 0.2) is 28.9 Å². The number of nitrogens with one attached hydrogen (secondary N) is 2. The molecule has 0 unspecified atom stereocenters. The van der Waals surface area contributed by atoms with E-state index in [2.05, 4.69) is 30.8 Å². The fourth-order valence-electron chi connectivity index (χ4n) is 3.04. The van der Waals surface area contributed by atoms with E-state index < -0.39 is 0 Å². The number of pyridine rings is 2. The molecule has 1 aliphatic rings. The Balaban J connectivity index is 1.57. The van der Waals surface area contributed by atoms with E-state index in [0.717, 1.165) is 36.8 Å². The second-order valence-electron chi connectivity index (χ2n) is 6.78. The molecule has 27 heavy (non-hydrogen) atoms. The van der Waals surface area contributed by atoms with Gasteiger partial charge in [-0.1, -0.05) is 5.10 Å². The monoisotopic (exact) mass is 367 g/mol. The average molecular weight is 367 g/mol. The second kappa shape index (κ2) is 7.28. The number of anilines is 2. The van der Waals surface area contributed by atoms with Gasteiger partial charge in [-0.2, -0.15) is 0 Å². The second-order valence-corrected chi connectivity index (χ2v) is 6.78. The van der Waals surface area contributed by atoms with Gasteiger partial charge in [0.25, 0.3) is 5.89 Å². The minimum Gasteiger partial charge on any atom is -0.403 e. The van der Waals surface area contributed by atoms with Crippen molar-refractivity contribution >= 4 is 28.6 Å². The van der Waals surface area contributed by atoms with Crippen molar-refractivity contribution in [1.82, 2.24) is 25.5 Å². The van der Waals surface area contributed by atoms with E-state index in [0.29, 0.717) is 23.3 Å². The Morgan fingerprint density at radius 1 is 1.19 bits per heavy atom. The maximum Gasteiger partial charge on any atom is 0.317 e. The number of piperidine rings is 1. The number of rotatable bonds is 4. The van der Waals surface area contributed by atoms with Crippen molar-refractivity contribution in [2.24, 2.45) is 5.92 Å². The van der Waals surface area contributed by atoms with Gasteiger partial charge in [-0.15, -0.1) is 5.10 Å². The molecule has 0 aliphatic carbocycles. The first kappa shape index (κ1) is 17.3. The van der Waals surface area contributed by atoms with Crippen LogP contribution < -0.4 is 15.5 Å². The van der Waals surface area contributed by atoms with Crippen LogP contribution in [0.4, 0.5) is 11.8 Å². The lowest BCUT2D eigenvalue weighted by Gasteiger charge is -2.21. The summed E-state index contributed by atoms with van der Waals surface area (Å²) in [6.45, 7) is 1.74. The molecule has 9 heteroatoms. The number of carbonyl (C=O) groups excluding carboxylic acids is 1. The van der Waals surface area contributed by atoms with E-state index in [1.165, 1.54) is 0 Å². The molecule has 9 nitrogen and oxygen atoms in total. The summed E-state index contributed by atoms with van der Waals surface area (Å²) in [7, 11) is 3.66. The van der Waals surface area contributed by atoms with Crippen LogP contribution in [0, 0.1) is 5.92 Å². The molecule has 1 saturated heterocycles. The highest BCUT2D eigenvalue weighted by Crippen LogP contribution is 2.25. The number of nitrogens with zero attached hydrogens (tertiary/aromatic N) is 5. The van der Waals surface area contributed by atoms with Gasteiger partial charge in [-0.05, 0) is 38.1 Å². The molecular weight excluding hydrogens is 346 g/mol. The van der Waals surface area contributed by atoms with Crippen molar-refractivity contribution in [1.29, 1.82) is 0 Å². The first-order chi connectivity index (χ1) is 13.1. The quantitative estimate of drug-likeness (QED) is 0.717. The van der Waals surface area contributed by atoms with Crippen LogP contribution in [-0.4, -0.2) is 53.3 Å². The van der Waals surface area contributed by atoms with Crippen LogP contribution in [0.2, 0.25) is 0 Å². The highest BCUT2D eigenvalue weighted by Gasteiger charge is 2.21. The van der Waals surface area contributed by atoms with Gasteiger partial charge in [0, 0.05) is 31.6 Å². The Labute approximate surface area is 156 Å². The van der Waals surface area contributed by atoms with Gasteiger partial charge >= 0.3 is 6.01 Å². The van der Waals surface area contributed by atoms with E-state index in [4.69, 9.17) is 4.42 Å². The summed E-state index contributed by atoms with van der Waals surface area (Å²) in [5, 5.41) is 15.1. The van der Waals surface area contributed by atoms with E-state index >= 15 is 0 Å². The lowest BCUT2D eigenvalue weighted by molar-refractivity contribution is -0.120. The van der Waals surface area contributed by atoms with Crippen molar-refractivity contribution in [2.75, 3.05) is 37.4 Å². The first-order valence-corrected chi connectivity index (χ1v) is 8.89. The molecule has 3 aromatic rings. The zero-order valence-electron chi connectivity index (χ0n) is 15.3. The number of fused-ring (bicyclic) bond motifs is 1. The molecule has 0 bridgehead atoms. The maximum absolute atomic E-state index is 12.4. The van der Waals surface area contributed by atoms with Gasteiger partial charge in [0.2, 0.25) is 5.91 Å². The SMILES string of the molecule is CN(C)c1nnc(-c2cnc3cnc(NC(=O)C4CCNCC4)cc3c2)o1. The van der Waals surface area contributed by atoms with E-state index in [1.807, 2.05) is 26.2 Å². The number of hydrogen-bond acceptors (Lipinski definition) is 8. The summed E-state index contributed by atoms with van der Waals surface area (Å²) in [4.78, 5) is 22.9. The minimum absolute atomic E-state index is 0.0139. The molecule has 4 rings (SSSR count). The van der Waals surface area contributed by atoms with E-state index in [9.17, 15) is 4.79 Å². The molecule has 0 saturated carbocycles. The first-order valence-electron chi connectivity index (χ1n) is 8.89. The number of hydrogen-bond donors (Lipinski definition) is 2. The topological polar surface area (TPSA) is 109 Å². The van der Waals surface area contributed by atoms with Gasteiger partial charge in [-0.3, -0.25) is 9.78 Å². The number of aromatic nitrogens is 4. The Morgan fingerprint density at radius 2 is 2.00 bits per heavy atom. The Bertz CT molecular complexity index is 963. The summed E-state index contributed by atoms with van der Waals surface area (Å²) < 4.78 is 5.63. The van der Waals surface area contributed by atoms with Gasteiger partial charge in [0.05, 0.1) is 17.3 Å². The third kappa shape index (κ3) is 3.72. The van der Waals surface area contributed by atoms with Crippen molar-refractivity contribution < 1.29 is 9.21 Å². The van der Waals surface area contributed by atoms with Gasteiger partial charge in [-0.25, -0.2) is 4.98 Å². The molecule has 0 atom stereocenters. The lowest BCUT2D eigenvalue weighted by Crippen LogP contribution is -2.34. The van der Waals surface area contributed by atoms with Crippen LogP contribution in [0.25, 0.3) is 22.4 Å². The number of carbonyl (C=O) groups is 1. The third-order valence-corrected chi connectivity index (χ3v) is 4.57. The third-order valence-electron chi connectivity index (χ3n) is 4.57. The standard InChI is InChI=1S/C18H21N7O2/c1-25(2)18-24-23-17(27-18)13-7-12-8-15(21-10-14(12)20-9-13)22-16(26)11-3-5-19-6-4-11/h7-11,19H,3-6H2,1-2H3,(H,21,22,26). The Morgan fingerprint density at radius 3 is 2.74 bits per heavy atom.